The van der Waals surface area contributed by atoms with E-state index in [4.69, 9.17) is 16.0 Å². The molecule has 1 N–H and O–H groups in total. The fourth-order valence-electron chi connectivity index (χ4n) is 3.61. The average Bonchev–Trinajstić information content (AvgIpc) is 3.43. The maximum absolute atomic E-state index is 12.6. The summed E-state index contributed by atoms with van der Waals surface area (Å²) in [7, 11) is -3.86. The zero-order chi connectivity index (χ0) is 24.3. The number of hydrogen-bond donors (Lipinski definition) is 1. The Morgan fingerprint density at radius 1 is 1.21 bits per heavy atom. The molecule has 2 aromatic heterocycles. The van der Waals surface area contributed by atoms with Crippen molar-refractivity contribution in [1.82, 2.24) is 14.3 Å². The van der Waals surface area contributed by atoms with Crippen LogP contribution in [0.25, 0.3) is 22.4 Å². The second-order valence-electron chi connectivity index (χ2n) is 7.87. The van der Waals surface area contributed by atoms with Crippen molar-refractivity contribution in [2.75, 3.05) is 0 Å². The Labute approximate surface area is 203 Å². The molecule has 4 rings (SSSR count). The van der Waals surface area contributed by atoms with Crippen molar-refractivity contribution in [1.29, 1.82) is 0 Å². The van der Waals surface area contributed by atoms with E-state index < -0.39 is 15.9 Å². The van der Waals surface area contributed by atoms with Crippen molar-refractivity contribution in [2.24, 2.45) is 0 Å². The highest BCUT2D eigenvalue weighted by atomic mass is 35.5. The van der Waals surface area contributed by atoms with Gasteiger partial charge in [0.25, 0.3) is 15.9 Å². The van der Waals surface area contributed by atoms with Gasteiger partial charge in [-0.15, -0.1) is 0 Å². The van der Waals surface area contributed by atoms with Gasteiger partial charge in [-0.2, -0.15) is 0 Å². The van der Waals surface area contributed by atoms with Crippen molar-refractivity contribution in [3.05, 3.63) is 88.3 Å². The molecule has 0 saturated carbocycles. The number of halogens is 1. The van der Waals surface area contributed by atoms with Gasteiger partial charge in [0.2, 0.25) is 0 Å². The summed E-state index contributed by atoms with van der Waals surface area (Å²) in [5.41, 5.74) is 3.37. The molecule has 0 saturated heterocycles. The topological polar surface area (TPSA) is 94.2 Å². The molecule has 4 aromatic rings. The number of furan rings is 1. The first-order valence-corrected chi connectivity index (χ1v) is 12.7. The zero-order valence-corrected chi connectivity index (χ0v) is 20.4. The molecule has 2 aromatic carbocycles. The number of allylic oxidation sites excluding steroid dienone is 1. The summed E-state index contributed by atoms with van der Waals surface area (Å²) in [4.78, 5) is 17.2. The molecule has 0 aliphatic heterocycles. The molecule has 0 atom stereocenters. The predicted molar refractivity (Wildman–Crippen MR) is 133 cm³/mol. The molecule has 176 valence electrons. The Balaban J connectivity index is 1.61. The highest BCUT2D eigenvalue weighted by Crippen LogP contribution is 2.28. The molecule has 0 fully saturated rings. The zero-order valence-electron chi connectivity index (χ0n) is 18.8. The number of aryl methyl sites for hydroxylation is 1. The first-order valence-electron chi connectivity index (χ1n) is 10.8. The molecule has 0 unspecified atom stereocenters. The van der Waals surface area contributed by atoms with E-state index in [1.54, 1.807) is 24.5 Å². The van der Waals surface area contributed by atoms with Crippen LogP contribution in [-0.4, -0.2) is 23.9 Å². The number of amides is 1. The van der Waals surface area contributed by atoms with E-state index in [2.05, 4.69) is 9.71 Å². The fraction of sp³-hybridized carbons (Fsp3) is 0.200. The lowest BCUT2D eigenvalue weighted by molar-refractivity contribution is 0.0982. The van der Waals surface area contributed by atoms with Crippen molar-refractivity contribution >= 4 is 38.6 Å². The molecule has 0 aliphatic rings. The monoisotopic (exact) mass is 497 g/mol. The average molecular weight is 498 g/mol. The summed E-state index contributed by atoms with van der Waals surface area (Å²) < 4.78 is 33.8. The van der Waals surface area contributed by atoms with Gasteiger partial charge in [0.1, 0.15) is 11.6 Å². The summed E-state index contributed by atoms with van der Waals surface area (Å²) in [5, 5.41) is 1.60. The summed E-state index contributed by atoms with van der Waals surface area (Å²) in [6.45, 7) is 4.24. The SMILES string of the molecule is CCCC=CS(=O)(=O)NC(=O)c1ccc2nc(C)n(Cc3ccc(-c4ccco4)cc3Cl)c2c1. The third kappa shape index (κ3) is 5.24. The van der Waals surface area contributed by atoms with E-state index in [1.807, 2.05) is 48.7 Å². The number of unbranched alkanes of at least 4 members (excludes halogenated alkanes) is 1. The Morgan fingerprint density at radius 3 is 2.74 bits per heavy atom. The van der Waals surface area contributed by atoms with Crippen LogP contribution < -0.4 is 4.72 Å². The molecular weight excluding hydrogens is 474 g/mol. The van der Waals surface area contributed by atoms with Crippen LogP contribution in [0.5, 0.6) is 0 Å². The Hall–Kier alpha value is -3.36. The molecule has 0 spiro atoms. The molecule has 7 nitrogen and oxygen atoms in total. The highest BCUT2D eigenvalue weighted by molar-refractivity contribution is 7.92. The van der Waals surface area contributed by atoms with Gasteiger partial charge < -0.3 is 8.98 Å². The second-order valence-corrected chi connectivity index (χ2v) is 9.84. The third-order valence-electron chi connectivity index (χ3n) is 5.35. The van der Waals surface area contributed by atoms with Crippen LogP contribution >= 0.6 is 11.6 Å². The molecular formula is C25H24ClN3O4S. The highest BCUT2D eigenvalue weighted by Gasteiger charge is 2.17. The lowest BCUT2D eigenvalue weighted by Crippen LogP contribution is -2.28. The van der Waals surface area contributed by atoms with Crippen LogP contribution in [-0.2, 0) is 16.6 Å². The van der Waals surface area contributed by atoms with E-state index in [1.165, 1.54) is 6.08 Å². The summed E-state index contributed by atoms with van der Waals surface area (Å²) in [5.74, 6) is 0.774. The number of nitrogens with zero attached hydrogens (tertiary/aromatic N) is 2. The van der Waals surface area contributed by atoms with Gasteiger partial charge in [0.15, 0.2) is 0 Å². The number of fused-ring (bicyclic) bond motifs is 1. The van der Waals surface area contributed by atoms with Crippen LogP contribution in [0.2, 0.25) is 5.02 Å². The predicted octanol–water partition coefficient (Wildman–Crippen LogP) is 5.68. The van der Waals surface area contributed by atoms with Gasteiger partial charge in [-0.05, 0) is 55.3 Å². The number of nitrogens with one attached hydrogen (secondary N) is 1. The number of hydrogen-bond acceptors (Lipinski definition) is 5. The van der Waals surface area contributed by atoms with Gasteiger partial charge in [0, 0.05) is 21.6 Å². The molecule has 1 amide bonds. The first kappa shape index (κ1) is 23.8. The quantitative estimate of drug-likeness (QED) is 0.338. The minimum Gasteiger partial charge on any atom is -0.464 e. The maximum Gasteiger partial charge on any atom is 0.265 e. The van der Waals surface area contributed by atoms with E-state index in [-0.39, 0.29) is 5.56 Å². The van der Waals surface area contributed by atoms with E-state index >= 15 is 0 Å². The van der Waals surface area contributed by atoms with E-state index in [9.17, 15) is 13.2 Å². The molecule has 0 radical (unpaired) electrons. The molecule has 34 heavy (non-hydrogen) atoms. The summed E-state index contributed by atoms with van der Waals surface area (Å²) in [6.07, 6.45) is 4.57. The largest absolute Gasteiger partial charge is 0.464 e. The van der Waals surface area contributed by atoms with Crippen LogP contribution in [0.1, 0.15) is 41.5 Å². The maximum atomic E-state index is 12.6. The first-order chi connectivity index (χ1) is 16.3. The van der Waals surface area contributed by atoms with Crippen molar-refractivity contribution in [3.8, 4) is 11.3 Å². The number of imidazole rings is 1. The normalized spacial score (nSPS) is 12.0. The van der Waals surface area contributed by atoms with Gasteiger partial charge >= 0.3 is 0 Å². The third-order valence-corrected chi connectivity index (χ3v) is 6.73. The Bertz CT molecular complexity index is 1470. The molecule has 0 aliphatic carbocycles. The number of carbonyl (C=O) groups is 1. The van der Waals surface area contributed by atoms with Crippen LogP contribution in [0, 0.1) is 6.92 Å². The number of rotatable bonds is 8. The van der Waals surface area contributed by atoms with Crippen molar-refractivity contribution < 1.29 is 17.6 Å². The standard InChI is InChI=1S/C25H24ClN3O4S/c1-3-4-5-13-34(31,32)28-25(30)19-10-11-22-23(15-19)29(17(2)27-22)16-20-9-8-18(14-21(20)26)24-7-6-12-33-24/h5-15H,3-4,16H2,1-2H3,(H,28,30). The lowest BCUT2D eigenvalue weighted by atomic mass is 10.1. The van der Waals surface area contributed by atoms with Gasteiger partial charge in [-0.25, -0.2) is 18.1 Å². The van der Waals surface area contributed by atoms with Gasteiger partial charge in [-0.3, -0.25) is 4.79 Å². The molecule has 0 bridgehead atoms. The van der Waals surface area contributed by atoms with Gasteiger partial charge in [-0.1, -0.05) is 43.2 Å². The number of sulfonamides is 1. The fourth-order valence-corrected chi connectivity index (χ4v) is 4.68. The summed E-state index contributed by atoms with van der Waals surface area (Å²) >= 11 is 6.56. The van der Waals surface area contributed by atoms with Crippen LogP contribution in [0.3, 0.4) is 0 Å². The number of carbonyl (C=O) groups excluding carboxylic acids is 1. The van der Waals surface area contributed by atoms with Crippen LogP contribution in [0.15, 0.2) is 70.7 Å². The van der Waals surface area contributed by atoms with E-state index in [0.717, 1.165) is 34.5 Å². The van der Waals surface area contributed by atoms with E-state index in [0.29, 0.717) is 29.0 Å². The van der Waals surface area contributed by atoms with Crippen molar-refractivity contribution in [2.45, 2.75) is 33.2 Å². The lowest BCUT2D eigenvalue weighted by Gasteiger charge is -2.11. The summed E-state index contributed by atoms with van der Waals surface area (Å²) in [6, 6.07) is 14.3. The van der Waals surface area contributed by atoms with Crippen molar-refractivity contribution in [3.63, 3.8) is 0 Å². The smallest absolute Gasteiger partial charge is 0.265 e. The minimum absolute atomic E-state index is 0.223. The minimum atomic E-state index is -3.86. The van der Waals surface area contributed by atoms with Gasteiger partial charge in [0.05, 0.1) is 23.8 Å². The Kier molecular flexibility index (Phi) is 6.90. The second kappa shape index (κ2) is 9.87. The molecule has 9 heteroatoms. The number of benzene rings is 2. The molecule has 2 heterocycles. The number of aromatic nitrogens is 2. The Morgan fingerprint density at radius 2 is 2.03 bits per heavy atom. The van der Waals surface area contributed by atoms with Crippen LogP contribution in [0.4, 0.5) is 0 Å².